The summed E-state index contributed by atoms with van der Waals surface area (Å²) < 4.78 is 2.15. The van der Waals surface area contributed by atoms with E-state index in [4.69, 9.17) is 0 Å². The molecule has 0 spiro atoms. The number of hydrogen-bond donors (Lipinski definition) is 0. The van der Waals surface area contributed by atoms with Crippen LogP contribution in [0, 0.1) is 40.4 Å². The first kappa shape index (κ1) is 26.9. The van der Waals surface area contributed by atoms with Crippen LogP contribution in [-0.2, 0) is 0 Å². The highest BCUT2D eigenvalue weighted by Gasteiger charge is 2.58. The Balaban J connectivity index is 1.39. The van der Waals surface area contributed by atoms with E-state index >= 15 is 0 Å². The Morgan fingerprint density at radius 3 is 2.68 bits per heavy atom. The largest absolute Gasteiger partial charge is 0.223 e. The van der Waals surface area contributed by atoms with E-state index in [0.29, 0.717) is 10.8 Å². The molecule has 3 fully saturated rings. The summed E-state index contributed by atoms with van der Waals surface area (Å²) in [5.74, 6) is 4.77. The fraction of sp³-hybridized carbons (Fsp3) is 0.839. The SMILES string of the molecule is C=C[N+](C)=C(C)SSC1CCC2(C)C(=CCC3C2CCC2(C)C(CCCCC(C)C)CCC32)C1. The molecule has 4 aliphatic rings. The number of rotatable bonds is 8. The van der Waals surface area contributed by atoms with Gasteiger partial charge in [0.2, 0.25) is 5.04 Å². The van der Waals surface area contributed by atoms with E-state index in [1.165, 1.54) is 82.1 Å². The molecule has 1 nitrogen and oxygen atoms in total. The first-order chi connectivity index (χ1) is 16.2. The van der Waals surface area contributed by atoms with Crippen LogP contribution < -0.4 is 0 Å². The Morgan fingerprint density at radius 2 is 1.94 bits per heavy atom. The fourth-order valence-corrected chi connectivity index (χ4v) is 11.2. The molecule has 34 heavy (non-hydrogen) atoms. The third-order valence-corrected chi connectivity index (χ3v) is 14.0. The van der Waals surface area contributed by atoms with Crippen molar-refractivity contribution in [2.45, 2.75) is 117 Å². The molecular weight excluding hydrogens is 450 g/mol. The Morgan fingerprint density at radius 1 is 1.15 bits per heavy atom. The van der Waals surface area contributed by atoms with Gasteiger partial charge in [0.25, 0.3) is 0 Å². The van der Waals surface area contributed by atoms with Gasteiger partial charge in [0.15, 0.2) is 6.20 Å². The van der Waals surface area contributed by atoms with Crippen LogP contribution in [0.15, 0.2) is 24.4 Å². The molecule has 0 amide bonds. The van der Waals surface area contributed by atoms with E-state index in [2.05, 4.69) is 69.7 Å². The topological polar surface area (TPSA) is 3.01 Å². The van der Waals surface area contributed by atoms with Crippen LogP contribution in [0.5, 0.6) is 0 Å². The van der Waals surface area contributed by atoms with Crippen LogP contribution in [0.25, 0.3) is 0 Å². The Kier molecular flexibility index (Phi) is 8.76. The second-order valence-electron chi connectivity index (χ2n) is 13.1. The van der Waals surface area contributed by atoms with Gasteiger partial charge in [-0.25, -0.2) is 0 Å². The number of unbranched alkanes of at least 4 members (excludes halogenated alkanes) is 1. The van der Waals surface area contributed by atoms with E-state index in [-0.39, 0.29) is 0 Å². The lowest BCUT2D eigenvalue weighted by molar-refractivity contribution is -0.418. The van der Waals surface area contributed by atoms with Crippen LogP contribution in [0.2, 0.25) is 0 Å². The normalized spacial score (nSPS) is 40.2. The summed E-state index contributed by atoms with van der Waals surface area (Å²) in [7, 11) is 6.17. The summed E-state index contributed by atoms with van der Waals surface area (Å²) in [4.78, 5) is 0. The Labute approximate surface area is 219 Å². The molecule has 0 aliphatic heterocycles. The first-order valence-corrected chi connectivity index (χ1v) is 16.6. The third kappa shape index (κ3) is 5.27. The number of fused-ring (bicyclic) bond motifs is 5. The van der Waals surface area contributed by atoms with Crippen molar-refractivity contribution in [3.63, 3.8) is 0 Å². The molecule has 3 saturated carbocycles. The van der Waals surface area contributed by atoms with Gasteiger partial charge in [-0.3, -0.25) is 0 Å². The average Bonchev–Trinajstić information content (AvgIpc) is 3.15. The monoisotopic (exact) mass is 502 g/mol. The lowest BCUT2D eigenvalue weighted by Gasteiger charge is -2.58. The Bertz CT molecular complexity index is 797. The van der Waals surface area contributed by atoms with Crippen molar-refractivity contribution in [3.05, 3.63) is 24.4 Å². The quantitative estimate of drug-likeness (QED) is 0.0811. The van der Waals surface area contributed by atoms with E-state index in [1.807, 2.05) is 22.6 Å². The van der Waals surface area contributed by atoms with E-state index in [1.54, 1.807) is 0 Å². The lowest BCUT2D eigenvalue weighted by atomic mass is 9.47. The smallest absolute Gasteiger partial charge is 0.200 e. The fourth-order valence-electron chi connectivity index (χ4n) is 8.56. The van der Waals surface area contributed by atoms with Gasteiger partial charge in [-0.05, 0) is 105 Å². The molecule has 0 aromatic carbocycles. The minimum absolute atomic E-state index is 0.484. The highest BCUT2D eigenvalue weighted by atomic mass is 33.1. The molecule has 0 radical (unpaired) electrons. The van der Waals surface area contributed by atoms with Crippen molar-refractivity contribution in [3.8, 4) is 0 Å². The molecule has 4 rings (SSSR count). The molecule has 0 N–H and O–H groups in total. The van der Waals surface area contributed by atoms with E-state index < -0.39 is 0 Å². The predicted molar refractivity (Wildman–Crippen MR) is 155 cm³/mol. The maximum Gasteiger partial charge on any atom is 0.223 e. The highest BCUT2D eigenvalue weighted by Crippen LogP contribution is 2.67. The summed E-state index contributed by atoms with van der Waals surface area (Å²) in [6, 6.07) is 0. The third-order valence-electron chi connectivity index (χ3n) is 10.9. The average molecular weight is 503 g/mol. The maximum atomic E-state index is 3.91. The molecule has 3 heteroatoms. The van der Waals surface area contributed by atoms with Crippen molar-refractivity contribution in [2.75, 3.05) is 7.05 Å². The molecule has 4 aliphatic carbocycles. The van der Waals surface area contributed by atoms with Gasteiger partial charge in [-0.15, -0.1) is 0 Å². The van der Waals surface area contributed by atoms with Gasteiger partial charge in [-0.2, -0.15) is 4.58 Å². The molecule has 0 aromatic heterocycles. The summed E-state index contributed by atoms with van der Waals surface area (Å²) >= 11 is 0. The number of nitrogens with zero attached hydrogens (tertiary/aromatic N) is 1. The molecule has 192 valence electrons. The zero-order chi connectivity index (χ0) is 24.5. The minimum atomic E-state index is 0.484. The van der Waals surface area contributed by atoms with E-state index in [0.717, 1.165) is 34.8 Å². The van der Waals surface area contributed by atoms with Gasteiger partial charge < -0.3 is 0 Å². The van der Waals surface area contributed by atoms with Gasteiger partial charge in [-0.1, -0.05) is 69.4 Å². The Hall–Kier alpha value is -0.150. The van der Waals surface area contributed by atoms with Gasteiger partial charge in [0.1, 0.15) is 7.05 Å². The molecule has 0 saturated heterocycles. The van der Waals surface area contributed by atoms with Crippen LogP contribution in [0.4, 0.5) is 0 Å². The summed E-state index contributed by atoms with van der Waals surface area (Å²) in [6.45, 7) is 16.3. The molecular formula is C31H52NS2+. The molecule has 0 bridgehead atoms. The predicted octanol–water partition coefficient (Wildman–Crippen LogP) is 9.74. The maximum absolute atomic E-state index is 3.91. The highest BCUT2D eigenvalue weighted by molar-refractivity contribution is 8.82. The zero-order valence-corrected chi connectivity index (χ0v) is 24.7. The molecule has 7 atom stereocenters. The van der Waals surface area contributed by atoms with Crippen LogP contribution in [-0.4, -0.2) is 21.9 Å². The van der Waals surface area contributed by atoms with Gasteiger partial charge in [0, 0.05) is 23.0 Å². The second-order valence-corrected chi connectivity index (χ2v) is 15.8. The lowest BCUT2D eigenvalue weighted by Crippen LogP contribution is -2.50. The number of hydrogen-bond acceptors (Lipinski definition) is 2. The van der Waals surface area contributed by atoms with Crippen LogP contribution in [0.1, 0.15) is 112 Å². The van der Waals surface area contributed by atoms with Crippen molar-refractivity contribution in [1.29, 1.82) is 0 Å². The molecule has 0 aromatic rings. The van der Waals surface area contributed by atoms with Crippen molar-refractivity contribution < 1.29 is 4.58 Å². The van der Waals surface area contributed by atoms with Crippen molar-refractivity contribution in [2.24, 2.45) is 40.4 Å². The summed E-state index contributed by atoms with van der Waals surface area (Å²) in [6.07, 6.45) is 22.1. The number of allylic oxidation sites excluding steroid dienone is 2. The standard InChI is InChI=1S/C31H52NS2/c1-8-32(7)23(4)33-34-26-17-19-31(6)25(21-26)13-15-27-28-16-14-24(12-10-9-11-22(2)3)30(28,5)20-18-29(27)31/h8,13,22,24,26-29H,1,9-12,14-21H2,2-7H3/q+1. The van der Waals surface area contributed by atoms with Gasteiger partial charge in [0.05, 0.1) is 0 Å². The van der Waals surface area contributed by atoms with E-state index in [9.17, 15) is 0 Å². The minimum Gasteiger partial charge on any atom is -0.200 e. The van der Waals surface area contributed by atoms with Crippen LogP contribution in [0.3, 0.4) is 0 Å². The summed E-state index contributed by atoms with van der Waals surface area (Å²) in [5.41, 5.74) is 2.95. The molecule has 0 heterocycles. The van der Waals surface area contributed by atoms with Crippen molar-refractivity contribution >= 4 is 26.6 Å². The van der Waals surface area contributed by atoms with Crippen LogP contribution >= 0.6 is 21.6 Å². The van der Waals surface area contributed by atoms with Crippen molar-refractivity contribution in [1.82, 2.24) is 0 Å². The summed E-state index contributed by atoms with van der Waals surface area (Å²) in [5, 5.41) is 2.11. The van der Waals surface area contributed by atoms with Gasteiger partial charge >= 0.3 is 0 Å². The zero-order valence-electron chi connectivity index (χ0n) is 23.1. The first-order valence-electron chi connectivity index (χ1n) is 14.4. The molecule has 7 unspecified atom stereocenters. The second kappa shape index (κ2) is 11.1.